The van der Waals surface area contributed by atoms with Crippen LogP contribution in [0.4, 0.5) is 0 Å². The maximum absolute atomic E-state index is 10.5. The summed E-state index contributed by atoms with van der Waals surface area (Å²) < 4.78 is 5.91. The molecule has 5 heteroatoms. The number of benzene rings is 1. The molecular formula is C19H19N3O2. The second kappa shape index (κ2) is 6.02. The molecule has 3 aromatic heterocycles. The van der Waals surface area contributed by atoms with Crippen LogP contribution in [0.5, 0.6) is 5.75 Å². The number of pyridine rings is 1. The van der Waals surface area contributed by atoms with Gasteiger partial charge in [0.2, 0.25) is 0 Å². The van der Waals surface area contributed by atoms with E-state index in [-0.39, 0.29) is 6.10 Å². The van der Waals surface area contributed by atoms with Crippen molar-refractivity contribution in [2.24, 2.45) is 0 Å². The Labute approximate surface area is 139 Å². The van der Waals surface area contributed by atoms with E-state index in [2.05, 4.69) is 15.0 Å². The lowest BCUT2D eigenvalue weighted by Gasteiger charge is -2.20. The number of ether oxygens (including phenoxy) is 1. The lowest BCUT2D eigenvalue weighted by molar-refractivity contribution is 0.0474. The van der Waals surface area contributed by atoms with Gasteiger partial charge < -0.3 is 19.8 Å². The Hall–Kier alpha value is -2.79. The fourth-order valence-corrected chi connectivity index (χ4v) is 2.91. The van der Waals surface area contributed by atoms with E-state index in [1.54, 1.807) is 6.20 Å². The van der Waals surface area contributed by atoms with Gasteiger partial charge in [-0.25, -0.2) is 4.98 Å². The summed E-state index contributed by atoms with van der Waals surface area (Å²) in [6, 6.07) is 13.8. The number of aromatic nitrogens is 3. The molecule has 1 aromatic carbocycles. The molecule has 0 saturated carbocycles. The molecule has 0 amide bonds. The van der Waals surface area contributed by atoms with Crippen LogP contribution in [0.2, 0.25) is 0 Å². The number of hydrogen-bond donors (Lipinski definition) is 3. The smallest absolute Gasteiger partial charge is 0.137 e. The van der Waals surface area contributed by atoms with E-state index >= 15 is 0 Å². The highest BCUT2D eigenvalue weighted by molar-refractivity contribution is 5.80. The third-order valence-corrected chi connectivity index (χ3v) is 4.27. The third kappa shape index (κ3) is 2.86. The number of fused-ring (bicyclic) bond motifs is 2. The summed E-state index contributed by atoms with van der Waals surface area (Å²) in [7, 11) is 0. The molecule has 3 N–H and O–H groups in total. The minimum atomic E-state index is -0.611. The molecule has 122 valence electrons. The highest BCUT2D eigenvalue weighted by Crippen LogP contribution is 2.22. The number of aliphatic hydroxyl groups excluding tert-OH is 1. The van der Waals surface area contributed by atoms with E-state index in [0.29, 0.717) is 6.42 Å². The molecule has 0 fully saturated rings. The van der Waals surface area contributed by atoms with E-state index in [4.69, 9.17) is 4.74 Å². The molecule has 4 aromatic rings. The summed E-state index contributed by atoms with van der Waals surface area (Å²) in [5, 5.41) is 12.6. The quantitative estimate of drug-likeness (QED) is 0.527. The van der Waals surface area contributed by atoms with E-state index < -0.39 is 6.10 Å². The molecule has 2 atom stereocenters. The number of hydrogen-bond acceptors (Lipinski definition) is 3. The van der Waals surface area contributed by atoms with Crippen LogP contribution in [0.1, 0.15) is 12.6 Å². The number of rotatable bonds is 5. The maximum atomic E-state index is 10.5. The molecule has 0 spiro atoms. The Morgan fingerprint density at radius 2 is 2.08 bits per heavy atom. The predicted molar refractivity (Wildman–Crippen MR) is 94.2 cm³/mol. The monoisotopic (exact) mass is 321 g/mol. The first-order valence-corrected chi connectivity index (χ1v) is 8.03. The lowest BCUT2D eigenvalue weighted by atomic mass is 10.1. The average molecular weight is 321 g/mol. The number of aliphatic hydroxyl groups is 1. The average Bonchev–Trinajstić information content (AvgIpc) is 3.19. The minimum Gasteiger partial charge on any atom is -0.488 e. The maximum Gasteiger partial charge on any atom is 0.137 e. The predicted octanol–water partition coefficient (Wildman–Crippen LogP) is 3.42. The van der Waals surface area contributed by atoms with Gasteiger partial charge in [-0.1, -0.05) is 0 Å². The highest BCUT2D eigenvalue weighted by atomic mass is 16.5. The van der Waals surface area contributed by atoms with Gasteiger partial charge in [0, 0.05) is 40.8 Å². The summed E-state index contributed by atoms with van der Waals surface area (Å²) in [5.74, 6) is 0.756. The van der Waals surface area contributed by atoms with Gasteiger partial charge in [-0.15, -0.1) is 0 Å². The van der Waals surface area contributed by atoms with Gasteiger partial charge >= 0.3 is 0 Å². The van der Waals surface area contributed by atoms with Crippen LogP contribution >= 0.6 is 0 Å². The zero-order valence-electron chi connectivity index (χ0n) is 13.4. The second-order valence-corrected chi connectivity index (χ2v) is 6.06. The van der Waals surface area contributed by atoms with Crippen LogP contribution in [0, 0.1) is 0 Å². The van der Waals surface area contributed by atoms with Crippen LogP contribution in [-0.4, -0.2) is 32.3 Å². The first-order chi connectivity index (χ1) is 11.7. The first kappa shape index (κ1) is 14.8. The summed E-state index contributed by atoms with van der Waals surface area (Å²) in [6.45, 7) is 1.88. The van der Waals surface area contributed by atoms with Crippen molar-refractivity contribution in [3.05, 3.63) is 60.6 Å². The molecule has 3 heterocycles. The van der Waals surface area contributed by atoms with Gasteiger partial charge in [-0.05, 0) is 49.4 Å². The van der Waals surface area contributed by atoms with Gasteiger partial charge in [0.15, 0.2) is 0 Å². The summed E-state index contributed by atoms with van der Waals surface area (Å²) in [4.78, 5) is 10.7. The van der Waals surface area contributed by atoms with E-state index in [0.717, 1.165) is 33.4 Å². The van der Waals surface area contributed by atoms with Crippen molar-refractivity contribution < 1.29 is 9.84 Å². The molecule has 5 nitrogen and oxygen atoms in total. The molecule has 0 radical (unpaired) electrons. The number of nitrogens with one attached hydrogen (secondary N) is 2. The molecule has 4 rings (SSSR count). The summed E-state index contributed by atoms with van der Waals surface area (Å²) in [5.41, 5.74) is 2.86. The van der Waals surface area contributed by atoms with Crippen molar-refractivity contribution in [1.82, 2.24) is 15.0 Å². The van der Waals surface area contributed by atoms with E-state index in [1.165, 1.54) is 0 Å². The largest absolute Gasteiger partial charge is 0.488 e. The Bertz CT molecular complexity index is 932. The van der Waals surface area contributed by atoms with E-state index in [1.807, 2.05) is 55.6 Å². The van der Waals surface area contributed by atoms with Crippen molar-refractivity contribution in [1.29, 1.82) is 0 Å². The molecule has 0 saturated heterocycles. The zero-order valence-corrected chi connectivity index (χ0v) is 13.4. The first-order valence-electron chi connectivity index (χ1n) is 8.03. The van der Waals surface area contributed by atoms with Crippen LogP contribution in [-0.2, 0) is 6.42 Å². The van der Waals surface area contributed by atoms with Gasteiger partial charge in [-0.3, -0.25) is 0 Å². The molecule has 0 aliphatic carbocycles. The van der Waals surface area contributed by atoms with Crippen LogP contribution in [0.25, 0.3) is 21.9 Å². The second-order valence-electron chi connectivity index (χ2n) is 6.06. The van der Waals surface area contributed by atoms with Crippen molar-refractivity contribution >= 4 is 21.9 Å². The Kier molecular flexibility index (Phi) is 3.70. The van der Waals surface area contributed by atoms with Crippen molar-refractivity contribution in [3.8, 4) is 5.75 Å². The van der Waals surface area contributed by atoms with Gasteiger partial charge in [0.25, 0.3) is 0 Å². The fourth-order valence-electron chi connectivity index (χ4n) is 2.91. The summed E-state index contributed by atoms with van der Waals surface area (Å²) in [6.07, 6.45) is 3.21. The minimum absolute atomic E-state index is 0.319. The third-order valence-electron chi connectivity index (χ3n) is 4.27. The zero-order chi connectivity index (χ0) is 16.5. The van der Waals surface area contributed by atoms with Crippen LogP contribution < -0.4 is 4.74 Å². The van der Waals surface area contributed by atoms with Crippen molar-refractivity contribution in [3.63, 3.8) is 0 Å². The molecule has 24 heavy (non-hydrogen) atoms. The van der Waals surface area contributed by atoms with Gasteiger partial charge in [0.1, 0.15) is 17.5 Å². The Morgan fingerprint density at radius 1 is 1.17 bits per heavy atom. The number of nitrogens with zero attached hydrogens (tertiary/aromatic N) is 1. The number of H-pyrrole nitrogens is 2. The fraction of sp³-hybridized carbons (Fsp3) is 0.211. The van der Waals surface area contributed by atoms with Crippen molar-refractivity contribution in [2.75, 3.05) is 0 Å². The number of aromatic amines is 2. The van der Waals surface area contributed by atoms with Gasteiger partial charge in [-0.2, -0.15) is 0 Å². The van der Waals surface area contributed by atoms with E-state index in [9.17, 15) is 5.11 Å². The highest BCUT2D eigenvalue weighted by Gasteiger charge is 2.18. The summed E-state index contributed by atoms with van der Waals surface area (Å²) >= 11 is 0. The van der Waals surface area contributed by atoms with Gasteiger partial charge in [0.05, 0.1) is 6.10 Å². The van der Waals surface area contributed by atoms with Crippen LogP contribution in [0.3, 0.4) is 0 Å². The Morgan fingerprint density at radius 3 is 2.96 bits per heavy atom. The normalized spacial score (nSPS) is 14.1. The Balaban J connectivity index is 1.45. The topological polar surface area (TPSA) is 73.9 Å². The molecular weight excluding hydrogens is 302 g/mol. The lowest BCUT2D eigenvalue weighted by Crippen LogP contribution is -2.30. The molecule has 0 bridgehead atoms. The van der Waals surface area contributed by atoms with Crippen molar-refractivity contribution in [2.45, 2.75) is 25.6 Å². The molecule has 2 unspecified atom stereocenters. The molecule has 0 aliphatic rings. The standard InChI is InChI=1S/C19H19N3O2/c1-12(24-16-4-5-17-13(10-16)6-8-20-17)18(23)11-15-9-14-3-2-7-21-19(14)22-15/h2-10,12,18,20,23H,11H2,1H3,(H,21,22). The SMILES string of the molecule is CC(Oc1ccc2[nH]ccc2c1)C(O)Cc1cc2cccnc2[nH]1. The van der Waals surface area contributed by atoms with Crippen LogP contribution in [0.15, 0.2) is 54.9 Å². The molecule has 0 aliphatic heterocycles.